The summed E-state index contributed by atoms with van der Waals surface area (Å²) in [4.78, 5) is 27.4. The van der Waals surface area contributed by atoms with Crippen LogP contribution in [0.5, 0.6) is 5.75 Å². The minimum Gasteiger partial charge on any atom is -0.496 e. The molecule has 9 heteroatoms. The number of amides is 2. The van der Waals surface area contributed by atoms with Gasteiger partial charge >= 0.3 is 6.18 Å². The summed E-state index contributed by atoms with van der Waals surface area (Å²) in [5, 5.41) is 2.93. The van der Waals surface area contributed by atoms with E-state index in [1.54, 1.807) is 27.0 Å². The second kappa shape index (κ2) is 10.0. The summed E-state index contributed by atoms with van der Waals surface area (Å²) in [5.74, 6) is -0.612. The van der Waals surface area contributed by atoms with E-state index in [-0.39, 0.29) is 36.9 Å². The number of nitrogens with zero attached hydrogens (tertiary/aromatic N) is 1. The normalized spacial score (nSPS) is 21.3. The predicted molar refractivity (Wildman–Crippen MR) is 132 cm³/mol. The molecular weight excluding hydrogens is 485 g/mol. The van der Waals surface area contributed by atoms with Gasteiger partial charge in [-0.1, -0.05) is 47.5 Å². The van der Waals surface area contributed by atoms with E-state index in [9.17, 15) is 22.8 Å². The van der Waals surface area contributed by atoms with Gasteiger partial charge in [0, 0.05) is 44.6 Å². The molecule has 2 aromatic rings. The zero-order valence-electron chi connectivity index (χ0n) is 21.6. The highest BCUT2D eigenvalue weighted by molar-refractivity contribution is 5.88. The zero-order chi connectivity index (χ0) is 27.0. The van der Waals surface area contributed by atoms with Crippen molar-refractivity contribution >= 4 is 11.8 Å². The van der Waals surface area contributed by atoms with Gasteiger partial charge in [-0.25, -0.2) is 0 Å². The van der Waals surface area contributed by atoms with E-state index in [1.807, 2.05) is 24.3 Å². The second-order valence-corrected chi connectivity index (χ2v) is 10.2. The Hall–Kier alpha value is -3.07. The van der Waals surface area contributed by atoms with E-state index in [0.717, 1.165) is 12.7 Å². The topological polar surface area (TPSA) is 67.9 Å². The van der Waals surface area contributed by atoms with E-state index in [2.05, 4.69) is 5.32 Å². The van der Waals surface area contributed by atoms with E-state index in [1.165, 1.54) is 17.0 Å². The number of methoxy groups -OCH3 is 2. The molecule has 1 N–H and O–H groups in total. The summed E-state index contributed by atoms with van der Waals surface area (Å²) in [7, 11) is 2.51. The molecule has 2 saturated heterocycles. The van der Waals surface area contributed by atoms with Crippen LogP contribution < -0.4 is 10.1 Å². The Labute approximate surface area is 215 Å². The van der Waals surface area contributed by atoms with Crippen molar-refractivity contribution in [2.45, 2.75) is 50.8 Å². The lowest BCUT2D eigenvalue weighted by molar-refractivity contribution is -0.271. The number of carbonyl (C=O) groups is 2. The maximum atomic E-state index is 14.7. The number of alkyl halides is 3. The summed E-state index contributed by atoms with van der Waals surface area (Å²) in [6.07, 6.45) is -3.96. The molecule has 0 aliphatic carbocycles. The van der Waals surface area contributed by atoms with Crippen LogP contribution in [0.3, 0.4) is 0 Å². The van der Waals surface area contributed by atoms with Crippen molar-refractivity contribution in [2.75, 3.05) is 33.9 Å². The number of halogens is 3. The highest BCUT2D eigenvalue weighted by Gasteiger charge is 2.64. The molecule has 0 radical (unpaired) electrons. The number of benzene rings is 2. The summed E-state index contributed by atoms with van der Waals surface area (Å²) in [6.45, 7) is 3.96. The maximum absolute atomic E-state index is 14.7. The monoisotopic (exact) mass is 518 g/mol. The molecule has 1 unspecified atom stereocenters. The summed E-state index contributed by atoms with van der Waals surface area (Å²) >= 11 is 0. The van der Waals surface area contributed by atoms with Crippen molar-refractivity contribution in [3.05, 3.63) is 64.7 Å². The lowest BCUT2D eigenvalue weighted by Gasteiger charge is -2.50. The standard InChI is InChI=1S/C28H33F3N2O4/c1-18-13-19(2)15-20(14-18)27(37-4,28(29,30)31)25(35)33-11-9-26(10-12-33)16-24(34)32-17-22(26)21-7-5-6-8-23(21)36-3/h5-8,13-15,22H,9-12,16-17H2,1-4H3,(H,32,34)/t22-,27?/m0/s1. The quantitative estimate of drug-likeness (QED) is 0.627. The number of para-hydroxylation sites is 1. The average molecular weight is 519 g/mol. The molecule has 4 rings (SSSR count). The number of rotatable bonds is 5. The molecule has 2 atom stereocenters. The van der Waals surface area contributed by atoms with Gasteiger partial charge in [0.15, 0.2) is 0 Å². The first-order valence-corrected chi connectivity index (χ1v) is 12.4. The van der Waals surface area contributed by atoms with Crippen LogP contribution in [0.4, 0.5) is 13.2 Å². The molecule has 2 fully saturated rings. The van der Waals surface area contributed by atoms with Crippen LogP contribution in [0.2, 0.25) is 0 Å². The molecule has 2 aromatic carbocycles. The van der Waals surface area contributed by atoms with Crippen LogP contribution in [0.1, 0.15) is 47.4 Å². The van der Waals surface area contributed by atoms with Crippen molar-refractivity contribution in [2.24, 2.45) is 5.41 Å². The lowest BCUT2D eigenvalue weighted by atomic mass is 9.62. The number of aryl methyl sites for hydroxylation is 2. The Balaban J connectivity index is 1.66. The van der Waals surface area contributed by atoms with Crippen LogP contribution in [0.15, 0.2) is 42.5 Å². The minimum absolute atomic E-state index is 0.0871. The minimum atomic E-state index is -4.97. The van der Waals surface area contributed by atoms with Gasteiger partial charge < -0.3 is 19.7 Å². The number of likely N-dealkylation sites (tertiary alicyclic amines) is 1. The smallest absolute Gasteiger partial charge is 0.430 e. The molecule has 2 amide bonds. The zero-order valence-corrected chi connectivity index (χ0v) is 21.6. The van der Waals surface area contributed by atoms with Crippen LogP contribution in [0.25, 0.3) is 0 Å². The summed E-state index contributed by atoms with van der Waals surface area (Å²) in [6, 6.07) is 12.1. The van der Waals surface area contributed by atoms with Gasteiger partial charge in [0.05, 0.1) is 7.11 Å². The molecule has 2 aliphatic rings. The molecule has 200 valence electrons. The molecule has 37 heavy (non-hydrogen) atoms. The van der Waals surface area contributed by atoms with Crippen molar-refractivity contribution < 1.29 is 32.2 Å². The van der Waals surface area contributed by atoms with Crippen molar-refractivity contribution in [3.63, 3.8) is 0 Å². The van der Waals surface area contributed by atoms with Crippen molar-refractivity contribution in [1.29, 1.82) is 0 Å². The third-order valence-electron chi connectivity index (χ3n) is 7.95. The fraction of sp³-hybridized carbons (Fsp3) is 0.500. The number of nitrogens with one attached hydrogen (secondary N) is 1. The van der Waals surface area contributed by atoms with Gasteiger partial charge in [-0.15, -0.1) is 0 Å². The van der Waals surface area contributed by atoms with Gasteiger partial charge in [0.1, 0.15) is 5.75 Å². The molecular formula is C28H33F3N2O4. The Morgan fingerprint density at radius 1 is 1.05 bits per heavy atom. The van der Waals surface area contributed by atoms with Crippen LogP contribution in [-0.2, 0) is 19.9 Å². The molecule has 2 aliphatic heterocycles. The Bertz CT molecular complexity index is 1150. The average Bonchev–Trinajstić information content (AvgIpc) is 2.84. The molecule has 0 bridgehead atoms. The molecule has 6 nitrogen and oxygen atoms in total. The fourth-order valence-corrected chi connectivity index (χ4v) is 6.14. The van der Waals surface area contributed by atoms with Gasteiger partial charge in [-0.2, -0.15) is 13.2 Å². The first-order chi connectivity index (χ1) is 17.5. The first-order valence-electron chi connectivity index (χ1n) is 12.4. The molecule has 0 saturated carbocycles. The number of ether oxygens (including phenoxy) is 2. The number of piperidine rings is 2. The van der Waals surface area contributed by atoms with Crippen LogP contribution in [0, 0.1) is 19.3 Å². The summed E-state index contributed by atoms with van der Waals surface area (Å²) in [5.41, 5.74) is -1.67. The fourth-order valence-electron chi connectivity index (χ4n) is 6.14. The molecule has 1 spiro atoms. The molecule has 0 aromatic heterocycles. The van der Waals surface area contributed by atoms with E-state index in [0.29, 0.717) is 36.3 Å². The van der Waals surface area contributed by atoms with Crippen LogP contribution in [-0.4, -0.2) is 56.7 Å². The highest BCUT2D eigenvalue weighted by Crippen LogP contribution is 2.52. The predicted octanol–water partition coefficient (Wildman–Crippen LogP) is 4.63. The van der Waals surface area contributed by atoms with Gasteiger partial charge in [0.2, 0.25) is 5.91 Å². The van der Waals surface area contributed by atoms with E-state index >= 15 is 0 Å². The van der Waals surface area contributed by atoms with E-state index in [4.69, 9.17) is 9.47 Å². The van der Waals surface area contributed by atoms with Gasteiger partial charge in [-0.3, -0.25) is 9.59 Å². The van der Waals surface area contributed by atoms with Crippen molar-refractivity contribution in [3.8, 4) is 5.75 Å². The van der Waals surface area contributed by atoms with Gasteiger partial charge in [-0.05, 0) is 43.7 Å². The second-order valence-electron chi connectivity index (χ2n) is 10.2. The Morgan fingerprint density at radius 3 is 2.24 bits per heavy atom. The largest absolute Gasteiger partial charge is 0.496 e. The SMILES string of the molecule is COc1ccccc1[C@@H]1CNC(=O)CC12CCN(C(=O)C(OC)(c1cc(C)cc(C)c1)C(F)(F)F)CC2. The van der Waals surface area contributed by atoms with Crippen LogP contribution >= 0.6 is 0 Å². The Kier molecular flexibility index (Phi) is 7.29. The third-order valence-corrected chi connectivity index (χ3v) is 7.95. The highest BCUT2D eigenvalue weighted by atomic mass is 19.4. The first kappa shape index (κ1) is 27.0. The Morgan fingerprint density at radius 2 is 1.68 bits per heavy atom. The van der Waals surface area contributed by atoms with Gasteiger partial charge in [0.25, 0.3) is 11.5 Å². The molecule has 2 heterocycles. The number of hydrogen-bond donors (Lipinski definition) is 1. The maximum Gasteiger partial charge on any atom is 0.430 e. The van der Waals surface area contributed by atoms with Crippen molar-refractivity contribution in [1.82, 2.24) is 10.2 Å². The number of hydrogen-bond acceptors (Lipinski definition) is 4. The van der Waals surface area contributed by atoms with E-state index < -0.39 is 23.1 Å². The lowest BCUT2D eigenvalue weighted by Crippen LogP contribution is -2.60. The summed E-state index contributed by atoms with van der Waals surface area (Å²) < 4.78 is 54.6. The third kappa shape index (κ3) is 4.69. The number of carbonyl (C=O) groups excluding carboxylic acids is 2.